The molecule has 1 aliphatic carbocycles. The van der Waals surface area contributed by atoms with Crippen LogP contribution in [0.25, 0.3) is 5.82 Å². The monoisotopic (exact) mass is 370 g/mol. The molecule has 2 aromatic rings. The molecule has 0 atom stereocenters. The van der Waals surface area contributed by atoms with Crippen LogP contribution in [0.5, 0.6) is 0 Å². The van der Waals surface area contributed by atoms with Crippen molar-refractivity contribution in [2.24, 2.45) is 5.92 Å². The molecule has 7 nitrogen and oxygen atoms in total. The van der Waals surface area contributed by atoms with Crippen LogP contribution in [0.1, 0.15) is 56.3 Å². The summed E-state index contributed by atoms with van der Waals surface area (Å²) in [5, 5.41) is 19.0. The van der Waals surface area contributed by atoms with Crippen LogP contribution in [0.3, 0.4) is 0 Å². The predicted octanol–water partition coefficient (Wildman–Crippen LogP) is 3.17. The van der Waals surface area contributed by atoms with Gasteiger partial charge in [0.1, 0.15) is 5.82 Å². The number of anilines is 1. The molecule has 2 heterocycles. The lowest BCUT2D eigenvalue weighted by Crippen LogP contribution is -2.29. The van der Waals surface area contributed by atoms with Gasteiger partial charge in [0, 0.05) is 25.2 Å². The van der Waals surface area contributed by atoms with Crippen LogP contribution in [0.2, 0.25) is 0 Å². The van der Waals surface area contributed by atoms with Crippen LogP contribution in [-0.4, -0.2) is 39.0 Å². The molecule has 1 fully saturated rings. The van der Waals surface area contributed by atoms with E-state index in [2.05, 4.69) is 25.9 Å². The zero-order valence-electron chi connectivity index (χ0n) is 16.4. The summed E-state index contributed by atoms with van der Waals surface area (Å²) in [6.07, 6.45) is 8.27. The molecule has 2 N–H and O–H groups in total. The summed E-state index contributed by atoms with van der Waals surface area (Å²) < 4.78 is 1.78. The van der Waals surface area contributed by atoms with Crippen molar-refractivity contribution in [2.45, 2.75) is 58.8 Å². The summed E-state index contributed by atoms with van der Waals surface area (Å²) in [6, 6.07) is 5.77. The van der Waals surface area contributed by atoms with Crippen LogP contribution in [0.4, 0.5) is 5.82 Å². The van der Waals surface area contributed by atoms with Gasteiger partial charge in [-0.2, -0.15) is 5.10 Å². The van der Waals surface area contributed by atoms with Crippen molar-refractivity contribution in [3.63, 3.8) is 0 Å². The van der Waals surface area contributed by atoms with Crippen molar-refractivity contribution in [1.82, 2.24) is 25.3 Å². The van der Waals surface area contributed by atoms with Crippen LogP contribution >= 0.6 is 0 Å². The highest BCUT2D eigenvalue weighted by Crippen LogP contribution is 2.27. The van der Waals surface area contributed by atoms with E-state index in [0.29, 0.717) is 31.1 Å². The van der Waals surface area contributed by atoms with E-state index in [-0.39, 0.29) is 5.91 Å². The number of aromatic nitrogens is 4. The van der Waals surface area contributed by atoms with E-state index >= 15 is 0 Å². The fourth-order valence-electron chi connectivity index (χ4n) is 3.69. The minimum atomic E-state index is 0.147. The SMILES string of the molecule is Cc1cc(C)n(-c2ccc(NCCNC(=O)CCC3CCCCC3)nn2)n1. The summed E-state index contributed by atoms with van der Waals surface area (Å²) in [6.45, 7) is 5.16. The first kappa shape index (κ1) is 19.3. The standard InChI is InChI=1S/C20H30N6O/c1-15-14-16(2)26(25-15)19-10-9-18(23-24-19)21-12-13-22-20(27)11-8-17-6-4-3-5-7-17/h9-10,14,17H,3-8,11-13H2,1-2H3,(H,21,23)(H,22,27). The quantitative estimate of drug-likeness (QED) is 0.697. The molecule has 146 valence electrons. The Labute approximate surface area is 161 Å². The van der Waals surface area contributed by atoms with Gasteiger partial charge in [-0.3, -0.25) is 4.79 Å². The molecule has 2 aromatic heterocycles. The Morgan fingerprint density at radius 1 is 1.15 bits per heavy atom. The number of aryl methyl sites for hydroxylation is 2. The molecule has 0 unspecified atom stereocenters. The fraction of sp³-hybridized carbons (Fsp3) is 0.600. The van der Waals surface area contributed by atoms with Crippen LogP contribution < -0.4 is 10.6 Å². The van der Waals surface area contributed by atoms with Crippen molar-refractivity contribution < 1.29 is 4.79 Å². The highest BCUT2D eigenvalue weighted by molar-refractivity contribution is 5.75. The molecule has 0 saturated heterocycles. The van der Waals surface area contributed by atoms with E-state index < -0.39 is 0 Å². The zero-order chi connectivity index (χ0) is 19.1. The number of carbonyl (C=O) groups excluding carboxylic acids is 1. The van der Waals surface area contributed by atoms with Crippen LogP contribution in [0.15, 0.2) is 18.2 Å². The molecular formula is C20H30N6O. The topological polar surface area (TPSA) is 84.7 Å². The van der Waals surface area contributed by atoms with Gasteiger partial charge in [0.2, 0.25) is 5.91 Å². The third-order valence-corrected chi connectivity index (χ3v) is 5.13. The predicted molar refractivity (Wildman–Crippen MR) is 106 cm³/mol. The van der Waals surface area contributed by atoms with E-state index in [1.807, 2.05) is 32.0 Å². The van der Waals surface area contributed by atoms with E-state index in [4.69, 9.17) is 0 Å². The maximum absolute atomic E-state index is 12.0. The lowest BCUT2D eigenvalue weighted by atomic mass is 9.86. The Balaban J connectivity index is 1.35. The third kappa shape index (κ3) is 5.77. The number of amides is 1. The molecule has 1 saturated carbocycles. The molecule has 3 rings (SSSR count). The zero-order valence-corrected chi connectivity index (χ0v) is 16.4. The first-order chi connectivity index (χ1) is 13.1. The van der Waals surface area contributed by atoms with Gasteiger partial charge in [0.15, 0.2) is 5.82 Å². The molecule has 1 amide bonds. The summed E-state index contributed by atoms with van der Waals surface area (Å²) in [5.74, 6) is 2.28. The van der Waals surface area contributed by atoms with E-state index in [1.165, 1.54) is 32.1 Å². The minimum absolute atomic E-state index is 0.147. The summed E-state index contributed by atoms with van der Waals surface area (Å²) in [7, 11) is 0. The summed E-state index contributed by atoms with van der Waals surface area (Å²) >= 11 is 0. The van der Waals surface area contributed by atoms with Crippen molar-refractivity contribution in [1.29, 1.82) is 0 Å². The van der Waals surface area contributed by atoms with Crippen molar-refractivity contribution in [2.75, 3.05) is 18.4 Å². The van der Waals surface area contributed by atoms with Gasteiger partial charge < -0.3 is 10.6 Å². The molecule has 27 heavy (non-hydrogen) atoms. The number of rotatable bonds is 8. The average Bonchev–Trinajstić information content (AvgIpc) is 3.03. The second-order valence-electron chi connectivity index (χ2n) is 7.44. The first-order valence-corrected chi connectivity index (χ1v) is 10.00. The Kier molecular flexibility index (Phi) is 6.79. The highest BCUT2D eigenvalue weighted by atomic mass is 16.1. The highest BCUT2D eigenvalue weighted by Gasteiger charge is 2.14. The van der Waals surface area contributed by atoms with Crippen molar-refractivity contribution in [3.8, 4) is 5.82 Å². The third-order valence-electron chi connectivity index (χ3n) is 5.13. The fourth-order valence-corrected chi connectivity index (χ4v) is 3.69. The van der Waals surface area contributed by atoms with Gasteiger partial charge in [-0.25, -0.2) is 4.68 Å². The number of hydrogen-bond acceptors (Lipinski definition) is 5. The minimum Gasteiger partial charge on any atom is -0.367 e. The Morgan fingerprint density at radius 3 is 2.63 bits per heavy atom. The molecule has 0 aromatic carbocycles. The number of hydrogen-bond donors (Lipinski definition) is 2. The Hall–Kier alpha value is -2.44. The number of carbonyl (C=O) groups is 1. The first-order valence-electron chi connectivity index (χ1n) is 10.00. The molecule has 0 spiro atoms. The van der Waals surface area contributed by atoms with Gasteiger partial charge in [-0.1, -0.05) is 32.1 Å². The van der Waals surface area contributed by atoms with Gasteiger partial charge in [0.25, 0.3) is 0 Å². The van der Waals surface area contributed by atoms with Crippen LogP contribution in [-0.2, 0) is 4.79 Å². The Morgan fingerprint density at radius 2 is 1.96 bits per heavy atom. The normalized spacial score (nSPS) is 14.9. The smallest absolute Gasteiger partial charge is 0.220 e. The molecule has 7 heteroatoms. The molecular weight excluding hydrogens is 340 g/mol. The lowest BCUT2D eigenvalue weighted by molar-refractivity contribution is -0.121. The second-order valence-corrected chi connectivity index (χ2v) is 7.44. The second kappa shape index (κ2) is 9.48. The average molecular weight is 371 g/mol. The summed E-state index contributed by atoms with van der Waals surface area (Å²) in [5.41, 5.74) is 1.98. The molecule has 1 aliphatic rings. The Bertz CT molecular complexity index is 733. The molecule has 0 aliphatic heterocycles. The van der Waals surface area contributed by atoms with Crippen LogP contribution in [0, 0.1) is 19.8 Å². The summed E-state index contributed by atoms with van der Waals surface area (Å²) in [4.78, 5) is 12.0. The van der Waals surface area contributed by atoms with E-state index in [1.54, 1.807) is 4.68 Å². The van der Waals surface area contributed by atoms with Gasteiger partial charge in [0.05, 0.1) is 5.69 Å². The number of nitrogens with zero attached hydrogens (tertiary/aromatic N) is 4. The molecule has 0 radical (unpaired) electrons. The van der Waals surface area contributed by atoms with Crippen molar-refractivity contribution >= 4 is 11.7 Å². The van der Waals surface area contributed by atoms with E-state index in [0.717, 1.165) is 23.7 Å². The van der Waals surface area contributed by atoms with Gasteiger partial charge in [-0.05, 0) is 44.4 Å². The number of nitrogens with one attached hydrogen (secondary N) is 2. The van der Waals surface area contributed by atoms with E-state index in [9.17, 15) is 4.79 Å². The van der Waals surface area contributed by atoms with Gasteiger partial charge in [-0.15, -0.1) is 10.2 Å². The largest absolute Gasteiger partial charge is 0.367 e. The van der Waals surface area contributed by atoms with Crippen molar-refractivity contribution in [3.05, 3.63) is 29.6 Å². The van der Waals surface area contributed by atoms with Gasteiger partial charge >= 0.3 is 0 Å². The molecule has 0 bridgehead atoms. The maximum atomic E-state index is 12.0. The lowest BCUT2D eigenvalue weighted by Gasteiger charge is -2.20. The maximum Gasteiger partial charge on any atom is 0.220 e.